The molecule has 0 atom stereocenters. The van der Waals surface area contributed by atoms with Crippen molar-refractivity contribution in [2.45, 2.75) is 26.2 Å². The van der Waals surface area contributed by atoms with E-state index in [1.807, 2.05) is 6.92 Å². The molecule has 0 amide bonds. The van der Waals surface area contributed by atoms with Crippen LogP contribution in [-0.4, -0.2) is 11.9 Å². The Morgan fingerprint density at radius 2 is 2.06 bits per heavy atom. The zero-order chi connectivity index (χ0) is 12.0. The van der Waals surface area contributed by atoms with Gasteiger partial charge in [-0.3, -0.25) is 0 Å². The topological polar surface area (TPSA) is 9.23 Å². The summed E-state index contributed by atoms with van der Waals surface area (Å²) in [5, 5.41) is 1.02. The smallest absolute Gasteiger partial charge is 0.165 e. The summed E-state index contributed by atoms with van der Waals surface area (Å²) in [6, 6.07) is 3.28. The maximum absolute atomic E-state index is 13.5. The fourth-order valence-corrected chi connectivity index (χ4v) is 2.13. The molecule has 0 heterocycles. The molecule has 4 heteroatoms. The summed E-state index contributed by atoms with van der Waals surface area (Å²) in [5.41, 5.74) is 0.949. The fraction of sp³-hybridized carbons (Fsp3) is 0.500. The molecular weight excluding hydrogens is 386 g/mol. The third kappa shape index (κ3) is 4.57. The SMILES string of the molecule is Cc1cc(F)c(OCCCCCBr)cc1I. The molecule has 0 fully saturated rings. The number of hydrogen-bond donors (Lipinski definition) is 0. The Bertz CT molecular complexity index is 344. The quantitative estimate of drug-likeness (QED) is 0.382. The van der Waals surface area contributed by atoms with Gasteiger partial charge in [-0.2, -0.15) is 0 Å². The van der Waals surface area contributed by atoms with Gasteiger partial charge in [-0.25, -0.2) is 4.39 Å². The third-order valence-electron chi connectivity index (χ3n) is 2.25. The van der Waals surface area contributed by atoms with Gasteiger partial charge in [0.25, 0.3) is 0 Å². The van der Waals surface area contributed by atoms with Crippen molar-refractivity contribution in [3.8, 4) is 5.75 Å². The number of unbranched alkanes of at least 4 members (excludes halogenated alkanes) is 2. The molecule has 0 saturated heterocycles. The van der Waals surface area contributed by atoms with E-state index >= 15 is 0 Å². The first-order valence-corrected chi connectivity index (χ1v) is 7.49. The van der Waals surface area contributed by atoms with Gasteiger partial charge < -0.3 is 4.74 Å². The van der Waals surface area contributed by atoms with E-state index in [-0.39, 0.29) is 5.82 Å². The molecule has 16 heavy (non-hydrogen) atoms. The van der Waals surface area contributed by atoms with Gasteiger partial charge in [0.1, 0.15) is 0 Å². The lowest BCUT2D eigenvalue weighted by molar-refractivity contribution is 0.291. The summed E-state index contributed by atoms with van der Waals surface area (Å²) < 4.78 is 19.9. The van der Waals surface area contributed by atoms with Crippen LogP contribution in [0.4, 0.5) is 4.39 Å². The van der Waals surface area contributed by atoms with Crippen LogP contribution in [0.2, 0.25) is 0 Å². The van der Waals surface area contributed by atoms with Crippen LogP contribution >= 0.6 is 38.5 Å². The third-order valence-corrected chi connectivity index (χ3v) is 3.97. The summed E-state index contributed by atoms with van der Waals surface area (Å²) in [6.07, 6.45) is 3.21. The van der Waals surface area contributed by atoms with Crippen molar-refractivity contribution >= 4 is 38.5 Å². The molecule has 0 aliphatic heterocycles. The van der Waals surface area contributed by atoms with Crippen LogP contribution in [0.5, 0.6) is 5.75 Å². The minimum Gasteiger partial charge on any atom is -0.490 e. The summed E-state index contributed by atoms with van der Waals surface area (Å²) >= 11 is 5.56. The molecule has 0 bridgehead atoms. The van der Waals surface area contributed by atoms with E-state index in [1.165, 1.54) is 6.07 Å². The van der Waals surface area contributed by atoms with Gasteiger partial charge in [-0.15, -0.1) is 0 Å². The highest BCUT2D eigenvalue weighted by molar-refractivity contribution is 14.1. The van der Waals surface area contributed by atoms with Crippen LogP contribution in [0.15, 0.2) is 12.1 Å². The summed E-state index contributed by atoms with van der Waals surface area (Å²) in [6.45, 7) is 2.48. The van der Waals surface area contributed by atoms with Crippen molar-refractivity contribution in [2.75, 3.05) is 11.9 Å². The highest BCUT2D eigenvalue weighted by Crippen LogP contribution is 2.23. The Labute approximate surface area is 118 Å². The van der Waals surface area contributed by atoms with Gasteiger partial charge in [0, 0.05) is 8.90 Å². The molecule has 1 rings (SSSR count). The highest BCUT2D eigenvalue weighted by atomic mass is 127. The molecule has 1 aromatic carbocycles. The number of ether oxygens (including phenoxy) is 1. The predicted molar refractivity (Wildman–Crippen MR) is 77.0 cm³/mol. The number of halogens is 3. The van der Waals surface area contributed by atoms with Gasteiger partial charge in [-0.05, 0) is 66.5 Å². The van der Waals surface area contributed by atoms with Crippen LogP contribution in [0.3, 0.4) is 0 Å². The van der Waals surface area contributed by atoms with E-state index in [2.05, 4.69) is 38.5 Å². The van der Waals surface area contributed by atoms with Crippen molar-refractivity contribution in [3.05, 3.63) is 27.1 Å². The van der Waals surface area contributed by atoms with Crippen molar-refractivity contribution in [3.63, 3.8) is 0 Å². The van der Waals surface area contributed by atoms with E-state index in [0.29, 0.717) is 12.4 Å². The number of aryl methyl sites for hydroxylation is 1. The second kappa shape index (κ2) is 7.48. The summed E-state index contributed by atoms with van der Waals surface area (Å²) in [5.74, 6) is 0.104. The molecule has 0 N–H and O–H groups in total. The lowest BCUT2D eigenvalue weighted by atomic mass is 10.2. The molecule has 0 spiro atoms. The van der Waals surface area contributed by atoms with Crippen LogP contribution in [0.25, 0.3) is 0 Å². The van der Waals surface area contributed by atoms with Crippen LogP contribution in [0.1, 0.15) is 24.8 Å². The highest BCUT2D eigenvalue weighted by Gasteiger charge is 2.06. The Kier molecular flexibility index (Phi) is 6.65. The van der Waals surface area contributed by atoms with Crippen molar-refractivity contribution in [1.82, 2.24) is 0 Å². The fourth-order valence-electron chi connectivity index (χ4n) is 1.29. The van der Waals surface area contributed by atoms with Gasteiger partial charge in [-0.1, -0.05) is 15.9 Å². The van der Waals surface area contributed by atoms with Crippen LogP contribution < -0.4 is 4.74 Å². The largest absolute Gasteiger partial charge is 0.490 e. The van der Waals surface area contributed by atoms with Crippen LogP contribution in [0, 0.1) is 16.3 Å². The lowest BCUT2D eigenvalue weighted by Crippen LogP contribution is -2.00. The minimum atomic E-state index is -0.265. The zero-order valence-electron chi connectivity index (χ0n) is 9.23. The molecular formula is C12H15BrFIO. The monoisotopic (exact) mass is 400 g/mol. The van der Waals surface area contributed by atoms with E-state index in [9.17, 15) is 4.39 Å². The van der Waals surface area contributed by atoms with Gasteiger partial charge in [0.2, 0.25) is 0 Å². The Morgan fingerprint density at radius 3 is 2.75 bits per heavy atom. The molecule has 0 radical (unpaired) electrons. The van der Waals surface area contributed by atoms with Gasteiger partial charge in [0.05, 0.1) is 6.61 Å². The number of alkyl halides is 1. The molecule has 0 saturated carbocycles. The standard InChI is InChI=1S/C12H15BrFIO/c1-9-7-10(14)12(8-11(9)15)16-6-4-2-3-5-13/h7-8H,2-6H2,1H3. The Balaban J connectivity index is 2.45. The summed E-state index contributed by atoms with van der Waals surface area (Å²) in [4.78, 5) is 0. The predicted octanol–water partition coefficient (Wildman–Crippen LogP) is 4.68. The Hall–Kier alpha value is 0.160. The normalized spacial score (nSPS) is 10.5. The molecule has 1 aromatic rings. The summed E-state index contributed by atoms with van der Waals surface area (Å²) in [7, 11) is 0. The average Bonchev–Trinajstić information content (AvgIpc) is 2.25. The van der Waals surface area contributed by atoms with Crippen molar-refractivity contribution in [2.24, 2.45) is 0 Å². The van der Waals surface area contributed by atoms with Crippen molar-refractivity contribution in [1.29, 1.82) is 0 Å². The first-order valence-electron chi connectivity index (χ1n) is 5.29. The van der Waals surface area contributed by atoms with Gasteiger partial charge >= 0.3 is 0 Å². The second-order valence-corrected chi connectivity index (χ2v) is 5.59. The molecule has 0 aliphatic carbocycles. The molecule has 0 unspecified atom stereocenters. The molecule has 0 aliphatic rings. The maximum Gasteiger partial charge on any atom is 0.165 e. The van der Waals surface area contributed by atoms with E-state index < -0.39 is 0 Å². The number of benzene rings is 1. The average molecular weight is 401 g/mol. The molecule has 90 valence electrons. The lowest BCUT2D eigenvalue weighted by Gasteiger charge is -2.08. The number of rotatable bonds is 6. The maximum atomic E-state index is 13.5. The van der Waals surface area contributed by atoms with Crippen molar-refractivity contribution < 1.29 is 9.13 Å². The Morgan fingerprint density at radius 1 is 1.31 bits per heavy atom. The number of hydrogen-bond acceptors (Lipinski definition) is 1. The minimum absolute atomic E-state index is 0.265. The van der Waals surface area contributed by atoms with Crippen LogP contribution in [-0.2, 0) is 0 Å². The van der Waals surface area contributed by atoms with E-state index in [1.54, 1.807) is 6.07 Å². The second-order valence-electron chi connectivity index (χ2n) is 3.63. The van der Waals surface area contributed by atoms with Gasteiger partial charge in [0.15, 0.2) is 11.6 Å². The van der Waals surface area contributed by atoms with E-state index in [0.717, 1.165) is 33.7 Å². The first-order chi connectivity index (χ1) is 7.65. The zero-order valence-corrected chi connectivity index (χ0v) is 13.0. The van der Waals surface area contributed by atoms with E-state index in [4.69, 9.17) is 4.74 Å². The first kappa shape index (κ1) is 14.2. The molecule has 1 nitrogen and oxygen atoms in total. The molecule has 0 aromatic heterocycles.